The van der Waals surface area contributed by atoms with E-state index in [9.17, 15) is 0 Å². The van der Waals surface area contributed by atoms with E-state index in [0.29, 0.717) is 11.4 Å². The van der Waals surface area contributed by atoms with Crippen molar-refractivity contribution in [1.82, 2.24) is 0 Å². The zero-order chi connectivity index (χ0) is 8.27. The van der Waals surface area contributed by atoms with Crippen molar-refractivity contribution in [3.8, 4) is 0 Å². The van der Waals surface area contributed by atoms with Crippen LogP contribution >= 0.6 is 0 Å². The molecule has 56 valence electrons. The molecule has 3 N–H and O–H groups in total. The lowest BCUT2D eigenvalue weighted by atomic mass is 10.0. The summed E-state index contributed by atoms with van der Waals surface area (Å²) in [6.07, 6.45) is 8.78. The first kappa shape index (κ1) is 7.54. The van der Waals surface area contributed by atoms with Crippen LogP contribution in [-0.4, -0.2) is 5.71 Å². The monoisotopic (exact) mass is 146 g/mol. The zero-order valence-corrected chi connectivity index (χ0v) is 6.17. The predicted molar refractivity (Wildman–Crippen MR) is 47.4 cm³/mol. The number of nitrogens with one attached hydrogen (secondary N) is 1. The van der Waals surface area contributed by atoms with Gasteiger partial charge < -0.3 is 5.73 Å². The second-order valence-electron chi connectivity index (χ2n) is 2.21. The van der Waals surface area contributed by atoms with Crippen molar-refractivity contribution in [2.24, 2.45) is 5.73 Å². The van der Waals surface area contributed by atoms with Crippen LogP contribution in [-0.2, 0) is 0 Å². The highest BCUT2D eigenvalue weighted by Crippen LogP contribution is 2.09. The van der Waals surface area contributed by atoms with E-state index in [1.165, 1.54) is 0 Å². The van der Waals surface area contributed by atoms with Crippen molar-refractivity contribution < 1.29 is 0 Å². The maximum absolute atomic E-state index is 7.49. The van der Waals surface area contributed by atoms with Gasteiger partial charge in [0, 0.05) is 5.57 Å². The average Bonchev–Trinajstić information content (AvgIpc) is 1.99. The summed E-state index contributed by atoms with van der Waals surface area (Å²) in [5.41, 5.74) is 7.18. The van der Waals surface area contributed by atoms with Gasteiger partial charge in [-0.1, -0.05) is 30.9 Å². The molecule has 0 bridgehead atoms. The smallest absolute Gasteiger partial charge is 0.0841 e. The summed E-state index contributed by atoms with van der Waals surface area (Å²) in [7, 11) is 0. The second-order valence-corrected chi connectivity index (χ2v) is 2.21. The lowest BCUT2D eigenvalue weighted by molar-refractivity contribution is 1.37. The van der Waals surface area contributed by atoms with Gasteiger partial charge in [-0.3, -0.25) is 5.41 Å². The Labute approximate surface area is 65.9 Å². The Bertz CT molecular complexity index is 280. The molecule has 0 aromatic rings. The number of hydrogen-bond acceptors (Lipinski definition) is 2. The van der Waals surface area contributed by atoms with Crippen LogP contribution in [0.1, 0.15) is 0 Å². The standard InChI is InChI=1S/C9H10N2/c1-2-4-7-5-3-6-8(10)9(7)11/h2-6,11H,1,10H2/b7-4-,11-9?. The lowest BCUT2D eigenvalue weighted by Crippen LogP contribution is -2.13. The average molecular weight is 146 g/mol. The minimum absolute atomic E-state index is 0.368. The van der Waals surface area contributed by atoms with Crippen molar-refractivity contribution >= 4 is 5.71 Å². The molecule has 0 heterocycles. The minimum atomic E-state index is 0.368. The molecule has 0 aliphatic heterocycles. The predicted octanol–water partition coefficient (Wildman–Crippen LogP) is 1.53. The molecule has 0 unspecified atom stereocenters. The van der Waals surface area contributed by atoms with E-state index in [-0.39, 0.29) is 0 Å². The molecular formula is C9H10N2. The molecule has 0 aromatic carbocycles. The van der Waals surface area contributed by atoms with Crippen molar-refractivity contribution in [3.05, 3.63) is 48.2 Å². The van der Waals surface area contributed by atoms with Gasteiger partial charge in [-0.25, -0.2) is 0 Å². The summed E-state index contributed by atoms with van der Waals surface area (Å²) in [4.78, 5) is 0. The Morgan fingerprint density at radius 1 is 1.55 bits per heavy atom. The molecule has 0 amide bonds. The maximum Gasteiger partial charge on any atom is 0.0841 e. The molecule has 0 spiro atoms. The molecule has 1 rings (SSSR count). The van der Waals surface area contributed by atoms with Gasteiger partial charge in [0.15, 0.2) is 0 Å². The van der Waals surface area contributed by atoms with E-state index >= 15 is 0 Å². The van der Waals surface area contributed by atoms with Gasteiger partial charge in [-0.2, -0.15) is 0 Å². The molecule has 0 saturated carbocycles. The summed E-state index contributed by atoms with van der Waals surface area (Å²) < 4.78 is 0. The van der Waals surface area contributed by atoms with E-state index in [1.54, 1.807) is 18.2 Å². The van der Waals surface area contributed by atoms with E-state index in [0.717, 1.165) is 5.57 Å². The molecule has 0 radical (unpaired) electrons. The minimum Gasteiger partial charge on any atom is -0.397 e. The summed E-state index contributed by atoms with van der Waals surface area (Å²) in [6, 6.07) is 0. The largest absolute Gasteiger partial charge is 0.397 e. The van der Waals surface area contributed by atoms with E-state index in [4.69, 9.17) is 11.1 Å². The van der Waals surface area contributed by atoms with Crippen molar-refractivity contribution in [1.29, 1.82) is 5.41 Å². The topological polar surface area (TPSA) is 49.9 Å². The van der Waals surface area contributed by atoms with Crippen molar-refractivity contribution in [2.45, 2.75) is 0 Å². The zero-order valence-electron chi connectivity index (χ0n) is 6.17. The Balaban J connectivity index is 2.99. The first-order chi connectivity index (χ1) is 5.25. The molecule has 2 nitrogen and oxygen atoms in total. The van der Waals surface area contributed by atoms with E-state index < -0.39 is 0 Å². The van der Waals surface area contributed by atoms with Gasteiger partial charge in [0.25, 0.3) is 0 Å². The Hall–Kier alpha value is -1.57. The highest BCUT2D eigenvalue weighted by atomic mass is 14.6. The van der Waals surface area contributed by atoms with Crippen LogP contribution in [0.4, 0.5) is 0 Å². The van der Waals surface area contributed by atoms with Crippen molar-refractivity contribution in [3.63, 3.8) is 0 Å². The molecule has 1 aliphatic carbocycles. The van der Waals surface area contributed by atoms with Crippen LogP contribution in [0.2, 0.25) is 0 Å². The van der Waals surface area contributed by atoms with E-state index in [1.807, 2.05) is 12.2 Å². The van der Waals surface area contributed by atoms with Gasteiger partial charge in [0.2, 0.25) is 0 Å². The first-order valence-corrected chi connectivity index (χ1v) is 3.31. The van der Waals surface area contributed by atoms with Gasteiger partial charge in [-0.15, -0.1) is 0 Å². The van der Waals surface area contributed by atoms with Gasteiger partial charge in [0.1, 0.15) is 0 Å². The molecule has 11 heavy (non-hydrogen) atoms. The number of rotatable bonds is 1. The number of nitrogens with two attached hydrogens (primary N) is 1. The third-order valence-electron chi connectivity index (χ3n) is 1.43. The summed E-state index contributed by atoms with van der Waals surface area (Å²) in [5.74, 6) is 0. The quantitative estimate of drug-likeness (QED) is 0.579. The number of allylic oxidation sites excluding steroid dienone is 6. The Morgan fingerprint density at radius 3 is 2.91 bits per heavy atom. The van der Waals surface area contributed by atoms with Gasteiger partial charge in [0.05, 0.1) is 11.4 Å². The van der Waals surface area contributed by atoms with Crippen LogP contribution < -0.4 is 5.73 Å². The highest BCUT2D eigenvalue weighted by molar-refractivity contribution is 6.12. The summed E-state index contributed by atoms with van der Waals surface area (Å²) >= 11 is 0. The highest BCUT2D eigenvalue weighted by Gasteiger charge is 2.06. The molecule has 0 atom stereocenters. The fourth-order valence-corrected chi connectivity index (χ4v) is 0.855. The Morgan fingerprint density at radius 2 is 2.27 bits per heavy atom. The van der Waals surface area contributed by atoms with Crippen LogP contribution in [0.3, 0.4) is 0 Å². The Kier molecular flexibility index (Phi) is 2.06. The molecule has 0 aromatic heterocycles. The van der Waals surface area contributed by atoms with Crippen LogP contribution in [0.25, 0.3) is 0 Å². The SMILES string of the molecule is C=C/C=C1/C=CC=C(N)C1=N. The van der Waals surface area contributed by atoms with Gasteiger partial charge in [-0.05, 0) is 6.08 Å². The molecule has 2 heteroatoms. The number of hydrogen-bond donors (Lipinski definition) is 2. The van der Waals surface area contributed by atoms with E-state index in [2.05, 4.69) is 6.58 Å². The van der Waals surface area contributed by atoms with Gasteiger partial charge >= 0.3 is 0 Å². The fourth-order valence-electron chi connectivity index (χ4n) is 0.855. The lowest BCUT2D eigenvalue weighted by Gasteiger charge is -2.07. The normalized spacial score (nSPS) is 20.2. The molecule has 0 saturated heterocycles. The van der Waals surface area contributed by atoms with Crippen LogP contribution in [0.15, 0.2) is 48.2 Å². The first-order valence-electron chi connectivity index (χ1n) is 3.31. The van der Waals surface area contributed by atoms with Crippen molar-refractivity contribution in [2.75, 3.05) is 0 Å². The summed E-state index contributed by atoms with van der Waals surface area (Å²) in [6.45, 7) is 3.55. The van der Waals surface area contributed by atoms with Crippen LogP contribution in [0.5, 0.6) is 0 Å². The summed E-state index contributed by atoms with van der Waals surface area (Å²) in [5, 5.41) is 7.49. The molecular weight excluding hydrogens is 136 g/mol. The molecule has 0 fully saturated rings. The molecule has 1 aliphatic rings. The third-order valence-corrected chi connectivity index (χ3v) is 1.43. The second kappa shape index (κ2) is 3.01. The maximum atomic E-state index is 7.49. The third kappa shape index (κ3) is 1.46. The fraction of sp³-hybridized carbons (Fsp3) is 0. The van der Waals surface area contributed by atoms with Crippen LogP contribution in [0, 0.1) is 5.41 Å².